The molecule has 0 atom stereocenters. The van der Waals surface area contributed by atoms with Crippen LogP contribution in [0.25, 0.3) is 0 Å². The predicted molar refractivity (Wildman–Crippen MR) is 109 cm³/mol. The second-order valence-electron chi connectivity index (χ2n) is 6.32. The number of guanidine groups is 1. The molecule has 0 bridgehead atoms. The summed E-state index contributed by atoms with van der Waals surface area (Å²) >= 11 is 0. The van der Waals surface area contributed by atoms with Gasteiger partial charge in [0.2, 0.25) is 0 Å². The summed E-state index contributed by atoms with van der Waals surface area (Å²) in [7, 11) is 3.80. The van der Waals surface area contributed by atoms with E-state index < -0.39 is 0 Å². The van der Waals surface area contributed by atoms with Gasteiger partial charge in [-0.2, -0.15) is 5.10 Å². The van der Waals surface area contributed by atoms with Crippen LogP contribution in [0.5, 0.6) is 0 Å². The number of rotatable bonds is 9. The van der Waals surface area contributed by atoms with Crippen LogP contribution >= 0.6 is 24.0 Å². The Hall–Kier alpha value is -0.830. The quantitative estimate of drug-likeness (QED) is 0.263. The van der Waals surface area contributed by atoms with Crippen molar-refractivity contribution in [1.29, 1.82) is 0 Å². The van der Waals surface area contributed by atoms with Crippen LogP contribution in [-0.2, 0) is 18.2 Å². The molecule has 1 aromatic rings. The van der Waals surface area contributed by atoms with E-state index in [-0.39, 0.29) is 24.0 Å². The van der Waals surface area contributed by atoms with Crippen molar-refractivity contribution in [2.75, 3.05) is 33.4 Å². The van der Waals surface area contributed by atoms with Gasteiger partial charge in [0.15, 0.2) is 5.96 Å². The van der Waals surface area contributed by atoms with Crippen LogP contribution in [0.3, 0.4) is 0 Å². The summed E-state index contributed by atoms with van der Waals surface area (Å²) in [5, 5.41) is 11.1. The van der Waals surface area contributed by atoms with Gasteiger partial charge in [-0.1, -0.05) is 0 Å². The SMILES string of the molecule is CN=C(NCCCOCC1CC1)NCCc1c(C)nn(C)c1C.I. The minimum absolute atomic E-state index is 0. The van der Waals surface area contributed by atoms with E-state index in [2.05, 4.69) is 34.6 Å². The Kier molecular flexibility index (Phi) is 9.65. The van der Waals surface area contributed by atoms with Crippen LogP contribution in [0.4, 0.5) is 0 Å². The van der Waals surface area contributed by atoms with Gasteiger partial charge in [0.1, 0.15) is 0 Å². The van der Waals surface area contributed by atoms with E-state index >= 15 is 0 Å². The Labute approximate surface area is 162 Å². The van der Waals surface area contributed by atoms with Crippen molar-refractivity contribution in [2.24, 2.45) is 18.0 Å². The molecular weight excluding hydrogens is 417 g/mol. The second-order valence-corrected chi connectivity index (χ2v) is 6.32. The standard InChI is InChI=1S/C17H31N5O.HI/c1-13-16(14(2)22(4)21-13)8-10-20-17(18-3)19-9-5-11-23-12-15-6-7-15;/h15H,5-12H2,1-4H3,(H2,18,19,20);1H. The third-order valence-corrected chi connectivity index (χ3v) is 4.36. The maximum atomic E-state index is 5.63. The highest BCUT2D eigenvalue weighted by atomic mass is 127. The zero-order chi connectivity index (χ0) is 16.7. The number of aryl methyl sites for hydroxylation is 2. The number of nitrogens with one attached hydrogen (secondary N) is 2. The van der Waals surface area contributed by atoms with Gasteiger partial charge in [-0.05, 0) is 51.0 Å². The number of aromatic nitrogens is 2. The zero-order valence-corrected chi connectivity index (χ0v) is 17.7. The maximum absolute atomic E-state index is 5.63. The van der Waals surface area contributed by atoms with E-state index in [0.29, 0.717) is 0 Å². The highest BCUT2D eigenvalue weighted by Crippen LogP contribution is 2.28. The number of nitrogens with zero attached hydrogens (tertiary/aromatic N) is 3. The van der Waals surface area contributed by atoms with Crippen LogP contribution in [0, 0.1) is 19.8 Å². The Morgan fingerprint density at radius 2 is 2.00 bits per heavy atom. The highest BCUT2D eigenvalue weighted by Gasteiger charge is 2.20. The molecule has 2 rings (SSSR count). The van der Waals surface area contributed by atoms with Gasteiger partial charge in [-0.25, -0.2) is 0 Å². The molecule has 0 saturated heterocycles. The molecule has 2 N–H and O–H groups in total. The average molecular weight is 449 g/mol. The molecule has 0 aliphatic heterocycles. The third kappa shape index (κ3) is 6.96. The van der Waals surface area contributed by atoms with Gasteiger partial charge in [0.05, 0.1) is 5.69 Å². The minimum Gasteiger partial charge on any atom is -0.381 e. The normalized spacial score (nSPS) is 14.4. The molecule has 0 unspecified atom stereocenters. The first-order valence-corrected chi connectivity index (χ1v) is 8.63. The van der Waals surface area contributed by atoms with Crippen LogP contribution in [0.2, 0.25) is 0 Å². The fourth-order valence-electron chi connectivity index (χ4n) is 2.62. The van der Waals surface area contributed by atoms with Crippen molar-refractivity contribution in [3.63, 3.8) is 0 Å². The van der Waals surface area contributed by atoms with Crippen LogP contribution < -0.4 is 10.6 Å². The number of aliphatic imine (C=N–C) groups is 1. The van der Waals surface area contributed by atoms with Gasteiger partial charge in [-0.3, -0.25) is 9.67 Å². The lowest BCUT2D eigenvalue weighted by Gasteiger charge is -2.12. The van der Waals surface area contributed by atoms with Crippen LogP contribution in [0.1, 0.15) is 36.2 Å². The molecule has 1 heterocycles. The van der Waals surface area contributed by atoms with E-state index in [1.807, 2.05) is 11.7 Å². The van der Waals surface area contributed by atoms with E-state index in [1.54, 1.807) is 7.05 Å². The number of ether oxygens (including phenoxy) is 1. The number of hydrogen-bond donors (Lipinski definition) is 2. The van der Waals surface area contributed by atoms with Crippen molar-refractivity contribution in [1.82, 2.24) is 20.4 Å². The zero-order valence-electron chi connectivity index (χ0n) is 15.4. The largest absolute Gasteiger partial charge is 0.381 e. The summed E-state index contributed by atoms with van der Waals surface area (Å²) in [5.74, 6) is 1.70. The van der Waals surface area contributed by atoms with Crippen molar-refractivity contribution in [3.8, 4) is 0 Å². The molecule has 1 aromatic heterocycles. The molecule has 0 aromatic carbocycles. The predicted octanol–water partition coefficient (Wildman–Crippen LogP) is 2.18. The fraction of sp³-hybridized carbons (Fsp3) is 0.765. The molecule has 1 saturated carbocycles. The minimum atomic E-state index is 0. The first-order chi connectivity index (χ1) is 11.1. The Balaban J connectivity index is 0.00000288. The topological polar surface area (TPSA) is 63.5 Å². The Morgan fingerprint density at radius 3 is 2.58 bits per heavy atom. The van der Waals surface area contributed by atoms with Crippen LogP contribution in [0.15, 0.2) is 4.99 Å². The number of halogens is 1. The van der Waals surface area contributed by atoms with Crippen molar-refractivity contribution >= 4 is 29.9 Å². The highest BCUT2D eigenvalue weighted by molar-refractivity contribution is 14.0. The van der Waals surface area contributed by atoms with E-state index in [9.17, 15) is 0 Å². The number of hydrogen-bond acceptors (Lipinski definition) is 3. The summed E-state index contributed by atoms with van der Waals surface area (Å²) in [6.45, 7) is 7.69. The summed E-state index contributed by atoms with van der Waals surface area (Å²) < 4.78 is 7.57. The maximum Gasteiger partial charge on any atom is 0.190 e. The van der Waals surface area contributed by atoms with E-state index in [1.165, 1.54) is 24.1 Å². The van der Waals surface area contributed by atoms with Crippen molar-refractivity contribution in [3.05, 3.63) is 17.0 Å². The molecule has 0 amide bonds. The van der Waals surface area contributed by atoms with Crippen molar-refractivity contribution in [2.45, 2.75) is 39.5 Å². The van der Waals surface area contributed by atoms with Gasteiger partial charge < -0.3 is 15.4 Å². The summed E-state index contributed by atoms with van der Waals surface area (Å²) in [6.07, 6.45) is 4.67. The summed E-state index contributed by atoms with van der Waals surface area (Å²) in [6, 6.07) is 0. The summed E-state index contributed by atoms with van der Waals surface area (Å²) in [5.41, 5.74) is 3.67. The van der Waals surface area contributed by atoms with Crippen molar-refractivity contribution < 1.29 is 4.74 Å². The molecule has 1 fully saturated rings. The lowest BCUT2D eigenvalue weighted by atomic mass is 10.1. The first-order valence-electron chi connectivity index (χ1n) is 8.63. The summed E-state index contributed by atoms with van der Waals surface area (Å²) in [4.78, 5) is 4.26. The first kappa shape index (κ1) is 21.2. The molecule has 1 aliphatic carbocycles. The van der Waals surface area contributed by atoms with E-state index in [4.69, 9.17) is 4.74 Å². The smallest absolute Gasteiger partial charge is 0.190 e. The molecule has 138 valence electrons. The molecule has 0 spiro atoms. The van der Waals surface area contributed by atoms with Gasteiger partial charge in [0.25, 0.3) is 0 Å². The molecule has 24 heavy (non-hydrogen) atoms. The van der Waals surface area contributed by atoms with Crippen LogP contribution in [-0.4, -0.2) is 49.1 Å². The molecule has 0 radical (unpaired) electrons. The Bertz CT molecular complexity index is 525. The third-order valence-electron chi connectivity index (χ3n) is 4.36. The molecule has 1 aliphatic rings. The lowest BCUT2D eigenvalue weighted by molar-refractivity contribution is 0.123. The average Bonchev–Trinajstić information content (AvgIpc) is 3.32. The van der Waals surface area contributed by atoms with E-state index in [0.717, 1.165) is 56.7 Å². The molecular formula is C17H32IN5O. The van der Waals surface area contributed by atoms with Gasteiger partial charge >= 0.3 is 0 Å². The van der Waals surface area contributed by atoms with Gasteiger partial charge in [0, 0.05) is 46.1 Å². The molecule has 6 nitrogen and oxygen atoms in total. The van der Waals surface area contributed by atoms with Gasteiger partial charge in [-0.15, -0.1) is 24.0 Å². The fourth-order valence-corrected chi connectivity index (χ4v) is 2.62. The second kappa shape index (κ2) is 10.9. The molecule has 7 heteroatoms. The Morgan fingerprint density at radius 1 is 1.29 bits per heavy atom. The monoisotopic (exact) mass is 449 g/mol. The lowest BCUT2D eigenvalue weighted by Crippen LogP contribution is -2.39.